The number of hydrogen-bond acceptors (Lipinski definition) is 2. The number of carbonyl (C=O) groups is 1. The van der Waals surface area contributed by atoms with Crippen LogP contribution in [0.15, 0.2) is 30.5 Å². The molecule has 3 rings (SSSR count). The first-order chi connectivity index (χ1) is 9.86. The number of nitrogens with one attached hydrogen (secondary N) is 1. The third-order valence-corrected chi connectivity index (χ3v) is 3.94. The fourth-order valence-electron chi connectivity index (χ4n) is 2.75. The summed E-state index contributed by atoms with van der Waals surface area (Å²) in [5.41, 5.74) is 1.91. The van der Waals surface area contributed by atoms with E-state index >= 15 is 0 Å². The summed E-state index contributed by atoms with van der Waals surface area (Å²) in [5.74, 6) is 0.811. The lowest BCUT2D eigenvalue weighted by Crippen LogP contribution is -2.30. The van der Waals surface area contributed by atoms with Crippen molar-refractivity contribution in [3.8, 4) is 0 Å². The van der Waals surface area contributed by atoms with Gasteiger partial charge in [-0.05, 0) is 38.5 Å². The van der Waals surface area contributed by atoms with Crippen LogP contribution in [0.1, 0.15) is 44.2 Å². The molecule has 1 amide bonds. The van der Waals surface area contributed by atoms with Gasteiger partial charge in [0.2, 0.25) is 5.91 Å². The van der Waals surface area contributed by atoms with Crippen molar-refractivity contribution in [1.82, 2.24) is 9.78 Å². The Balaban J connectivity index is 2.11. The first-order valence-electron chi connectivity index (χ1n) is 7.00. The second-order valence-electron chi connectivity index (χ2n) is 6.39. The number of anilines is 1. The molecule has 1 atom stereocenters. The molecular weight excluding hydrogens is 286 g/mol. The van der Waals surface area contributed by atoms with Crippen LogP contribution in [-0.4, -0.2) is 15.7 Å². The van der Waals surface area contributed by atoms with E-state index < -0.39 is 0 Å². The summed E-state index contributed by atoms with van der Waals surface area (Å²) in [7, 11) is 0. The number of aromatic nitrogens is 2. The molecule has 0 fully saturated rings. The minimum atomic E-state index is -0.183. The molecule has 4 nitrogen and oxygen atoms in total. The van der Waals surface area contributed by atoms with E-state index in [1.165, 1.54) is 0 Å². The van der Waals surface area contributed by atoms with Gasteiger partial charge in [-0.15, -0.1) is 0 Å². The Labute approximate surface area is 129 Å². The zero-order chi connectivity index (χ0) is 15.2. The molecule has 0 aliphatic carbocycles. The summed E-state index contributed by atoms with van der Waals surface area (Å²) >= 11 is 6.08. The van der Waals surface area contributed by atoms with Crippen LogP contribution in [0.3, 0.4) is 0 Å². The number of fused-ring (bicyclic) bond motifs is 1. The number of hydrogen-bond donors (Lipinski definition) is 1. The minimum Gasteiger partial charge on any atom is -0.311 e. The quantitative estimate of drug-likeness (QED) is 0.872. The maximum atomic E-state index is 12.1. The van der Waals surface area contributed by atoms with Gasteiger partial charge < -0.3 is 5.32 Å². The Hall–Kier alpha value is -1.81. The van der Waals surface area contributed by atoms with Crippen molar-refractivity contribution in [3.63, 3.8) is 0 Å². The van der Waals surface area contributed by atoms with Gasteiger partial charge in [-0.1, -0.05) is 23.7 Å². The SMILES string of the molecule is CC(C)(C)n1ncc2c1NC(=O)C[C@H]2c1cccc(Cl)c1. The lowest BCUT2D eigenvalue weighted by atomic mass is 9.87. The number of benzene rings is 1. The van der Waals surface area contributed by atoms with E-state index in [4.69, 9.17) is 11.6 Å². The summed E-state index contributed by atoms with van der Waals surface area (Å²) in [5, 5.41) is 8.11. The van der Waals surface area contributed by atoms with Crippen molar-refractivity contribution in [2.24, 2.45) is 0 Å². The van der Waals surface area contributed by atoms with E-state index in [2.05, 4.69) is 31.2 Å². The fourth-order valence-corrected chi connectivity index (χ4v) is 2.95. The maximum Gasteiger partial charge on any atom is 0.226 e. The van der Waals surface area contributed by atoms with Crippen molar-refractivity contribution in [3.05, 3.63) is 46.6 Å². The number of rotatable bonds is 1. The Kier molecular flexibility index (Phi) is 3.29. The van der Waals surface area contributed by atoms with Gasteiger partial charge >= 0.3 is 0 Å². The summed E-state index contributed by atoms with van der Waals surface area (Å²) in [4.78, 5) is 12.1. The highest BCUT2D eigenvalue weighted by Crippen LogP contribution is 2.39. The van der Waals surface area contributed by atoms with Crippen LogP contribution in [0.4, 0.5) is 5.82 Å². The third kappa shape index (κ3) is 2.56. The average Bonchev–Trinajstić information content (AvgIpc) is 2.81. The summed E-state index contributed by atoms with van der Waals surface area (Å²) in [6.07, 6.45) is 2.27. The highest BCUT2D eigenvalue weighted by atomic mass is 35.5. The monoisotopic (exact) mass is 303 g/mol. The maximum absolute atomic E-state index is 12.1. The van der Waals surface area contributed by atoms with Crippen LogP contribution in [-0.2, 0) is 10.3 Å². The predicted molar refractivity (Wildman–Crippen MR) is 83.8 cm³/mol. The molecule has 1 aromatic heterocycles. The van der Waals surface area contributed by atoms with Crippen LogP contribution < -0.4 is 5.32 Å². The van der Waals surface area contributed by atoms with Gasteiger partial charge in [0.15, 0.2) is 0 Å². The topological polar surface area (TPSA) is 46.9 Å². The molecule has 0 radical (unpaired) electrons. The summed E-state index contributed by atoms with van der Waals surface area (Å²) in [6.45, 7) is 6.19. The van der Waals surface area contributed by atoms with Crippen LogP contribution in [0.5, 0.6) is 0 Å². The summed E-state index contributed by atoms with van der Waals surface area (Å²) < 4.78 is 1.87. The van der Waals surface area contributed by atoms with E-state index in [-0.39, 0.29) is 17.4 Å². The zero-order valence-electron chi connectivity index (χ0n) is 12.4. The van der Waals surface area contributed by atoms with Gasteiger partial charge in [0.25, 0.3) is 0 Å². The lowest BCUT2D eigenvalue weighted by molar-refractivity contribution is -0.116. The molecule has 0 saturated heterocycles. The standard InChI is InChI=1S/C16H18ClN3O/c1-16(2,3)20-15-13(9-18-20)12(8-14(21)19-15)10-5-4-6-11(17)7-10/h4-7,9,12H,8H2,1-3H3,(H,19,21)/t12-/m0/s1. The third-order valence-electron chi connectivity index (χ3n) is 3.71. The predicted octanol–water partition coefficient (Wildman–Crippen LogP) is 3.77. The number of amides is 1. The Morgan fingerprint density at radius 3 is 2.81 bits per heavy atom. The van der Waals surface area contributed by atoms with Crippen molar-refractivity contribution < 1.29 is 4.79 Å². The largest absolute Gasteiger partial charge is 0.311 e. The molecule has 21 heavy (non-hydrogen) atoms. The normalized spacial score (nSPS) is 18.3. The molecule has 2 heterocycles. The first-order valence-corrected chi connectivity index (χ1v) is 7.38. The number of halogens is 1. The van der Waals surface area contributed by atoms with E-state index in [1.807, 2.05) is 35.1 Å². The second-order valence-corrected chi connectivity index (χ2v) is 6.83. The van der Waals surface area contributed by atoms with Crippen LogP contribution in [0, 0.1) is 0 Å². The van der Waals surface area contributed by atoms with Crippen LogP contribution in [0.2, 0.25) is 5.02 Å². The molecule has 0 spiro atoms. The van der Waals surface area contributed by atoms with Crippen molar-refractivity contribution in [2.45, 2.75) is 38.6 Å². The van der Waals surface area contributed by atoms with Crippen molar-refractivity contribution in [2.75, 3.05) is 5.32 Å². The zero-order valence-corrected chi connectivity index (χ0v) is 13.1. The second kappa shape index (κ2) is 4.88. The van der Waals surface area contributed by atoms with Gasteiger partial charge in [-0.25, -0.2) is 4.68 Å². The van der Waals surface area contributed by atoms with Gasteiger partial charge in [-0.3, -0.25) is 4.79 Å². The van der Waals surface area contributed by atoms with Crippen LogP contribution in [0.25, 0.3) is 0 Å². The molecule has 0 bridgehead atoms. The van der Waals surface area contributed by atoms with Crippen LogP contribution >= 0.6 is 11.6 Å². The average molecular weight is 304 g/mol. The van der Waals surface area contributed by atoms with Crippen molar-refractivity contribution >= 4 is 23.3 Å². The van der Waals surface area contributed by atoms with Gasteiger partial charge in [0.1, 0.15) is 5.82 Å². The molecule has 1 N–H and O–H groups in total. The number of carbonyl (C=O) groups excluding carboxylic acids is 1. The molecule has 2 aromatic rings. The highest BCUT2D eigenvalue weighted by Gasteiger charge is 2.32. The molecular formula is C16H18ClN3O. The molecule has 1 aliphatic heterocycles. The smallest absolute Gasteiger partial charge is 0.226 e. The molecule has 1 aromatic carbocycles. The van der Waals surface area contributed by atoms with Gasteiger partial charge in [-0.2, -0.15) is 5.10 Å². The van der Waals surface area contributed by atoms with Gasteiger partial charge in [0, 0.05) is 22.9 Å². The lowest BCUT2D eigenvalue weighted by Gasteiger charge is -2.28. The summed E-state index contributed by atoms with van der Waals surface area (Å²) in [6, 6.07) is 7.68. The van der Waals surface area contributed by atoms with E-state index in [0.717, 1.165) is 16.9 Å². The minimum absolute atomic E-state index is 0.00329. The molecule has 1 aliphatic rings. The van der Waals surface area contributed by atoms with E-state index in [0.29, 0.717) is 11.4 Å². The fraction of sp³-hybridized carbons (Fsp3) is 0.375. The van der Waals surface area contributed by atoms with E-state index in [1.54, 1.807) is 0 Å². The molecule has 110 valence electrons. The molecule has 0 saturated carbocycles. The Morgan fingerprint density at radius 2 is 2.14 bits per heavy atom. The van der Waals surface area contributed by atoms with E-state index in [9.17, 15) is 4.79 Å². The Bertz CT molecular complexity index is 700. The Morgan fingerprint density at radius 1 is 1.38 bits per heavy atom. The number of nitrogens with zero attached hydrogens (tertiary/aromatic N) is 2. The van der Waals surface area contributed by atoms with Gasteiger partial charge in [0.05, 0.1) is 11.7 Å². The highest BCUT2D eigenvalue weighted by molar-refractivity contribution is 6.30. The van der Waals surface area contributed by atoms with Crippen molar-refractivity contribution in [1.29, 1.82) is 0 Å². The molecule has 0 unspecified atom stereocenters. The first kappa shape index (κ1) is 14.1. The molecule has 5 heteroatoms.